The second-order valence-electron chi connectivity index (χ2n) is 3.42. The summed E-state index contributed by atoms with van der Waals surface area (Å²) in [4.78, 5) is 0. The average molecular weight is 222 g/mol. The lowest BCUT2D eigenvalue weighted by Crippen LogP contribution is -1.91. The van der Waals surface area contributed by atoms with Crippen LogP contribution < -0.4 is 4.74 Å². The number of ether oxygens (including phenoxy) is 1. The molecule has 1 N–H and O–H groups in total. The first-order valence-corrected chi connectivity index (χ1v) is 5.88. The summed E-state index contributed by atoms with van der Waals surface area (Å²) in [5, 5.41) is 12.2. The Bertz CT molecular complexity index is 448. The van der Waals surface area contributed by atoms with Crippen molar-refractivity contribution in [2.75, 3.05) is 13.7 Å². The molecule has 0 amide bonds. The molecule has 0 fully saturated rings. The summed E-state index contributed by atoms with van der Waals surface area (Å²) in [6.45, 7) is 0.248. The highest BCUT2D eigenvalue weighted by Crippen LogP contribution is 2.33. The van der Waals surface area contributed by atoms with Crippen molar-refractivity contribution in [3.63, 3.8) is 0 Å². The van der Waals surface area contributed by atoms with Gasteiger partial charge in [0, 0.05) is 6.61 Å². The molecule has 1 aromatic heterocycles. The predicted molar refractivity (Wildman–Crippen MR) is 63.8 cm³/mol. The Labute approximate surface area is 93.1 Å². The highest BCUT2D eigenvalue weighted by molar-refractivity contribution is 7.17. The highest BCUT2D eigenvalue weighted by Gasteiger charge is 2.06. The zero-order chi connectivity index (χ0) is 10.7. The van der Waals surface area contributed by atoms with Gasteiger partial charge in [0.1, 0.15) is 5.75 Å². The van der Waals surface area contributed by atoms with Gasteiger partial charge in [0.05, 0.1) is 11.8 Å². The van der Waals surface area contributed by atoms with Gasteiger partial charge < -0.3 is 9.84 Å². The van der Waals surface area contributed by atoms with E-state index in [9.17, 15) is 0 Å². The third-order valence-corrected chi connectivity index (χ3v) is 3.42. The molecule has 2 nitrogen and oxygen atoms in total. The molecule has 15 heavy (non-hydrogen) atoms. The van der Waals surface area contributed by atoms with Crippen molar-refractivity contribution in [2.45, 2.75) is 12.8 Å². The number of hydrogen-bond acceptors (Lipinski definition) is 3. The molecule has 0 bridgehead atoms. The maximum Gasteiger partial charge on any atom is 0.136 e. The maximum absolute atomic E-state index is 8.83. The van der Waals surface area contributed by atoms with Crippen molar-refractivity contribution in [3.8, 4) is 5.75 Å². The molecule has 0 unspecified atom stereocenters. The van der Waals surface area contributed by atoms with Crippen LogP contribution in [0.3, 0.4) is 0 Å². The van der Waals surface area contributed by atoms with E-state index in [0.29, 0.717) is 0 Å². The number of aryl methyl sites for hydroxylation is 1. The third kappa shape index (κ3) is 1.98. The van der Waals surface area contributed by atoms with Crippen molar-refractivity contribution in [1.29, 1.82) is 0 Å². The lowest BCUT2D eigenvalue weighted by Gasteiger charge is -2.06. The van der Waals surface area contributed by atoms with E-state index >= 15 is 0 Å². The van der Waals surface area contributed by atoms with Crippen molar-refractivity contribution in [3.05, 3.63) is 29.1 Å². The zero-order valence-corrected chi connectivity index (χ0v) is 9.51. The minimum atomic E-state index is 0.248. The van der Waals surface area contributed by atoms with Gasteiger partial charge in [-0.2, -0.15) is 0 Å². The largest absolute Gasteiger partial charge is 0.495 e. The summed E-state index contributed by atoms with van der Waals surface area (Å²) >= 11 is 1.70. The first-order chi connectivity index (χ1) is 7.36. The van der Waals surface area contributed by atoms with Gasteiger partial charge >= 0.3 is 0 Å². The van der Waals surface area contributed by atoms with E-state index in [-0.39, 0.29) is 6.61 Å². The molecule has 0 saturated heterocycles. The van der Waals surface area contributed by atoms with E-state index in [1.165, 1.54) is 15.6 Å². The maximum atomic E-state index is 8.83. The van der Waals surface area contributed by atoms with Gasteiger partial charge in [-0.05, 0) is 41.3 Å². The van der Waals surface area contributed by atoms with Crippen molar-refractivity contribution >= 4 is 21.4 Å². The Morgan fingerprint density at radius 3 is 2.93 bits per heavy atom. The molecule has 0 aliphatic heterocycles. The second-order valence-corrected chi connectivity index (χ2v) is 4.33. The molecular weight excluding hydrogens is 208 g/mol. The minimum Gasteiger partial charge on any atom is -0.495 e. The summed E-state index contributed by atoms with van der Waals surface area (Å²) in [5.41, 5.74) is 1.29. The van der Waals surface area contributed by atoms with Crippen LogP contribution >= 0.6 is 11.3 Å². The number of rotatable bonds is 4. The van der Waals surface area contributed by atoms with Crippen LogP contribution in [0.15, 0.2) is 23.6 Å². The zero-order valence-electron chi connectivity index (χ0n) is 8.69. The second kappa shape index (κ2) is 4.64. The SMILES string of the molecule is COc1ccc(CCCO)c2ccsc12. The van der Waals surface area contributed by atoms with Gasteiger partial charge in [-0.1, -0.05) is 6.07 Å². The molecule has 2 aromatic rings. The fourth-order valence-electron chi connectivity index (χ4n) is 1.74. The van der Waals surface area contributed by atoms with Crippen LogP contribution in [0.1, 0.15) is 12.0 Å². The number of aliphatic hydroxyl groups is 1. The van der Waals surface area contributed by atoms with Gasteiger partial charge in [0.15, 0.2) is 0 Å². The van der Waals surface area contributed by atoms with E-state index in [1.54, 1.807) is 18.4 Å². The smallest absolute Gasteiger partial charge is 0.136 e. The Balaban J connectivity index is 2.44. The molecule has 3 heteroatoms. The molecule has 80 valence electrons. The first-order valence-electron chi connectivity index (χ1n) is 5.00. The Hall–Kier alpha value is -1.06. The van der Waals surface area contributed by atoms with E-state index < -0.39 is 0 Å². The summed E-state index contributed by atoms with van der Waals surface area (Å²) in [5.74, 6) is 0.938. The van der Waals surface area contributed by atoms with Crippen LogP contribution in [-0.4, -0.2) is 18.8 Å². The quantitative estimate of drug-likeness (QED) is 0.862. The summed E-state index contributed by atoms with van der Waals surface area (Å²) < 4.78 is 6.51. The molecule has 0 spiro atoms. The molecule has 0 radical (unpaired) electrons. The molecule has 0 atom stereocenters. The van der Waals surface area contributed by atoms with Crippen molar-refractivity contribution in [1.82, 2.24) is 0 Å². The molecule has 0 saturated carbocycles. The Kier molecular flexibility index (Phi) is 3.23. The Morgan fingerprint density at radius 2 is 2.20 bits per heavy atom. The van der Waals surface area contributed by atoms with Gasteiger partial charge in [-0.25, -0.2) is 0 Å². The number of benzene rings is 1. The lowest BCUT2D eigenvalue weighted by atomic mass is 10.1. The fraction of sp³-hybridized carbons (Fsp3) is 0.333. The molecule has 2 rings (SSSR count). The van der Waals surface area contributed by atoms with Gasteiger partial charge in [0.2, 0.25) is 0 Å². The molecule has 0 aliphatic carbocycles. The first kappa shape index (κ1) is 10.5. The lowest BCUT2D eigenvalue weighted by molar-refractivity contribution is 0.289. The minimum absolute atomic E-state index is 0.248. The molecule has 1 heterocycles. The summed E-state index contributed by atoms with van der Waals surface area (Å²) in [6, 6.07) is 6.21. The standard InChI is InChI=1S/C12H14O2S/c1-14-11-5-4-9(3-2-7-13)10-6-8-15-12(10)11/h4-6,8,13H,2-3,7H2,1H3. The van der Waals surface area contributed by atoms with Gasteiger partial charge in [-0.3, -0.25) is 0 Å². The summed E-state index contributed by atoms with van der Waals surface area (Å²) in [7, 11) is 1.70. The highest BCUT2D eigenvalue weighted by atomic mass is 32.1. The topological polar surface area (TPSA) is 29.5 Å². The van der Waals surface area contributed by atoms with Crippen LogP contribution in [0.5, 0.6) is 5.75 Å². The Morgan fingerprint density at radius 1 is 1.33 bits per heavy atom. The van der Waals surface area contributed by atoms with Crippen LogP contribution in [0.2, 0.25) is 0 Å². The van der Waals surface area contributed by atoms with E-state index in [2.05, 4.69) is 17.5 Å². The summed E-state index contributed by atoms with van der Waals surface area (Å²) in [6.07, 6.45) is 1.74. The predicted octanol–water partition coefficient (Wildman–Crippen LogP) is 2.83. The van der Waals surface area contributed by atoms with Crippen LogP contribution in [0.25, 0.3) is 10.1 Å². The number of hydrogen-bond donors (Lipinski definition) is 1. The number of methoxy groups -OCH3 is 1. The van der Waals surface area contributed by atoms with E-state index in [1.807, 2.05) is 6.07 Å². The van der Waals surface area contributed by atoms with Crippen molar-refractivity contribution in [2.24, 2.45) is 0 Å². The fourth-order valence-corrected chi connectivity index (χ4v) is 2.68. The number of aliphatic hydroxyl groups excluding tert-OH is 1. The number of fused-ring (bicyclic) bond motifs is 1. The van der Waals surface area contributed by atoms with Crippen LogP contribution in [0.4, 0.5) is 0 Å². The molecular formula is C12H14O2S. The normalized spacial score (nSPS) is 10.8. The van der Waals surface area contributed by atoms with E-state index in [4.69, 9.17) is 9.84 Å². The number of thiophene rings is 1. The van der Waals surface area contributed by atoms with Gasteiger partial charge in [0.25, 0.3) is 0 Å². The van der Waals surface area contributed by atoms with E-state index in [0.717, 1.165) is 18.6 Å². The van der Waals surface area contributed by atoms with Gasteiger partial charge in [-0.15, -0.1) is 11.3 Å². The van der Waals surface area contributed by atoms with Crippen LogP contribution in [0, 0.1) is 0 Å². The molecule has 1 aromatic carbocycles. The molecule has 0 aliphatic rings. The average Bonchev–Trinajstić information content (AvgIpc) is 2.74. The monoisotopic (exact) mass is 222 g/mol. The van der Waals surface area contributed by atoms with Crippen molar-refractivity contribution < 1.29 is 9.84 Å². The van der Waals surface area contributed by atoms with Crippen LogP contribution in [-0.2, 0) is 6.42 Å². The third-order valence-electron chi connectivity index (χ3n) is 2.50.